The van der Waals surface area contributed by atoms with Gasteiger partial charge in [-0.3, -0.25) is 0 Å². The minimum absolute atomic E-state index is 0.269. The van der Waals surface area contributed by atoms with Gasteiger partial charge < -0.3 is 5.11 Å². The lowest BCUT2D eigenvalue weighted by Gasteiger charge is -2.17. The lowest BCUT2D eigenvalue weighted by atomic mass is 9.89. The Kier molecular flexibility index (Phi) is 18.8. The third-order valence-electron chi connectivity index (χ3n) is 8.19. The first-order valence-electron chi connectivity index (χ1n) is 17.0. The molecule has 0 radical (unpaired) electrons. The molecule has 0 fully saturated rings. The first kappa shape index (κ1) is 34.7. The van der Waals surface area contributed by atoms with E-state index in [1.54, 1.807) is 29.8 Å². The van der Waals surface area contributed by atoms with E-state index in [1.807, 2.05) is 0 Å². The van der Waals surface area contributed by atoms with Crippen LogP contribution >= 0.6 is 0 Å². The zero-order chi connectivity index (χ0) is 29.5. The minimum Gasteiger partial charge on any atom is -0.478 e. The maximum absolute atomic E-state index is 11.2. The second kappa shape index (κ2) is 22.2. The van der Waals surface area contributed by atoms with Crippen molar-refractivity contribution < 1.29 is 9.90 Å². The summed E-state index contributed by atoms with van der Waals surface area (Å²) in [6, 6.07) is 11.2. The first-order valence-corrected chi connectivity index (χ1v) is 17.0. The molecule has 41 heavy (non-hydrogen) atoms. The standard InChI is InChI=1S/C37H58N2O2/c1-4-7-10-13-16-19-22-32-29-35(39-38-34-27-25-31(26-28-34)37(40)41)30-33(23-20-17-14-11-8-5-2)36(32)24-21-18-15-12-9-6-3/h25-30H,4-24H2,1-3H3,(H,40,41). The average Bonchev–Trinajstić information content (AvgIpc) is 2.98. The zero-order valence-corrected chi connectivity index (χ0v) is 26.6. The summed E-state index contributed by atoms with van der Waals surface area (Å²) in [5.74, 6) is -0.923. The molecule has 0 bridgehead atoms. The Bertz CT molecular complexity index is 960. The quantitative estimate of drug-likeness (QED) is 0.102. The summed E-state index contributed by atoms with van der Waals surface area (Å²) >= 11 is 0. The highest BCUT2D eigenvalue weighted by molar-refractivity contribution is 5.87. The van der Waals surface area contributed by atoms with Gasteiger partial charge in [-0.1, -0.05) is 117 Å². The number of azo groups is 1. The summed E-state index contributed by atoms with van der Waals surface area (Å²) in [6.07, 6.45) is 27.1. The number of aromatic carboxylic acids is 1. The van der Waals surface area contributed by atoms with Crippen LogP contribution in [0.3, 0.4) is 0 Å². The second-order valence-electron chi connectivity index (χ2n) is 11.8. The monoisotopic (exact) mass is 562 g/mol. The van der Waals surface area contributed by atoms with Crippen LogP contribution in [-0.2, 0) is 19.3 Å². The number of carboxylic acid groups (broad SMARTS) is 1. The summed E-state index contributed by atoms with van der Waals surface area (Å²) in [4.78, 5) is 11.2. The maximum Gasteiger partial charge on any atom is 0.335 e. The Balaban J connectivity index is 2.24. The molecule has 0 aromatic heterocycles. The minimum atomic E-state index is -0.923. The van der Waals surface area contributed by atoms with Gasteiger partial charge in [-0.05, 0) is 91.6 Å². The lowest BCUT2D eigenvalue weighted by molar-refractivity contribution is 0.0697. The molecule has 4 heteroatoms. The van der Waals surface area contributed by atoms with Crippen molar-refractivity contribution in [1.82, 2.24) is 0 Å². The van der Waals surface area contributed by atoms with Crippen LogP contribution in [-0.4, -0.2) is 11.1 Å². The predicted molar refractivity (Wildman–Crippen MR) is 175 cm³/mol. The molecule has 0 aliphatic rings. The van der Waals surface area contributed by atoms with Crippen LogP contribution in [0.5, 0.6) is 0 Å². The highest BCUT2D eigenvalue weighted by Gasteiger charge is 2.12. The van der Waals surface area contributed by atoms with E-state index < -0.39 is 5.97 Å². The second-order valence-corrected chi connectivity index (χ2v) is 11.8. The van der Waals surface area contributed by atoms with Crippen LogP contribution in [0, 0.1) is 0 Å². The zero-order valence-electron chi connectivity index (χ0n) is 26.6. The summed E-state index contributed by atoms with van der Waals surface area (Å²) in [7, 11) is 0. The molecule has 2 rings (SSSR count). The van der Waals surface area contributed by atoms with Crippen LogP contribution in [0.2, 0.25) is 0 Å². The van der Waals surface area contributed by atoms with Gasteiger partial charge in [0.15, 0.2) is 0 Å². The van der Waals surface area contributed by atoms with E-state index in [2.05, 4.69) is 43.1 Å². The first-order chi connectivity index (χ1) is 20.1. The molecule has 0 unspecified atom stereocenters. The Morgan fingerprint density at radius 1 is 0.537 bits per heavy atom. The maximum atomic E-state index is 11.2. The van der Waals surface area contributed by atoms with Crippen molar-refractivity contribution in [1.29, 1.82) is 0 Å². The van der Waals surface area contributed by atoms with Crippen molar-refractivity contribution in [2.24, 2.45) is 10.2 Å². The van der Waals surface area contributed by atoms with Crippen molar-refractivity contribution in [3.05, 3.63) is 58.7 Å². The Hall–Kier alpha value is -2.49. The van der Waals surface area contributed by atoms with Crippen molar-refractivity contribution in [3.8, 4) is 0 Å². The molecule has 0 saturated heterocycles. The summed E-state index contributed by atoms with van der Waals surface area (Å²) < 4.78 is 0. The molecular weight excluding hydrogens is 504 g/mol. The van der Waals surface area contributed by atoms with Crippen molar-refractivity contribution in [2.45, 2.75) is 156 Å². The van der Waals surface area contributed by atoms with E-state index in [-0.39, 0.29) is 5.56 Å². The third kappa shape index (κ3) is 14.8. The van der Waals surface area contributed by atoms with E-state index in [4.69, 9.17) is 0 Å². The van der Waals surface area contributed by atoms with Gasteiger partial charge in [0.1, 0.15) is 0 Å². The van der Waals surface area contributed by atoms with Crippen LogP contribution in [0.15, 0.2) is 46.6 Å². The van der Waals surface area contributed by atoms with Gasteiger partial charge in [0.25, 0.3) is 0 Å². The molecule has 228 valence electrons. The molecule has 0 aliphatic heterocycles. The van der Waals surface area contributed by atoms with Crippen LogP contribution in [0.4, 0.5) is 11.4 Å². The topological polar surface area (TPSA) is 62.0 Å². The number of unbranched alkanes of at least 4 members (excludes halogenated alkanes) is 15. The fourth-order valence-electron chi connectivity index (χ4n) is 5.66. The lowest BCUT2D eigenvalue weighted by Crippen LogP contribution is -2.02. The Morgan fingerprint density at radius 3 is 1.37 bits per heavy atom. The molecule has 1 N–H and O–H groups in total. The third-order valence-corrected chi connectivity index (χ3v) is 8.19. The van der Waals surface area contributed by atoms with Crippen LogP contribution in [0.1, 0.15) is 163 Å². The SMILES string of the molecule is CCCCCCCCc1cc(N=Nc2ccc(C(=O)O)cc2)cc(CCCCCCCC)c1CCCCCCCC. The number of carboxylic acids is 1. The highest BCUT2D eigenvalue weighted by atomic mass is 16.4. The number of hydrogen-bond donors (Lipinski definition) is 1. The van der Waals surface area contributed by atoms with Gasteiger partial charge in [-0.25, -0.2) is 4.79 Å². The molecule has 0 aliphatic carbocycles. The summed E-state index contributed by atoms with van der Waals surface area (Å²) in [6.45, 7) is 6.84. The van der Waals surface area contributed by atoms with Crippen molar-refractivity contribution in [3.63, 3.8) is 0 Å². The molecular formula is C37H58N2O2. The predicted octanol–water partition coefficient (Wildman–Crippen LogP) is 12.5. The molecule has 0 amide bonds. The van der Waals surface area contributed by atoms with E-state index >= 15 is 0 Å². The normalized spacial score (nSPS) is 11.5. The average molecular weight is 563 g/mol. The molecule has 4 nitrogen and oxygen atoms in total. The highest BCUT2D eigenvalue weighted by Crippen LogP contribution is 2.30. The summed E-state index contributed by atoms with van der Waals surface area (Å²) in [5.41, 5.74) is 6.43. The smallest absolute Gasteiger partial charge is 0.335 e. The number of hydrogen-bond acceptors (Lipinski definition) is 3. The fourth-order valence-corrected chi connectivity index (χ4v) is 5.66. The molecule has 0 saturated carbocycles. The van der Waals surface area contributed by atoms with Crippen molar-refractivity contribution in [2.75, 3.05) is 0 Å². The van der Waals surface area contributed by atoms with Gasteiger partial charge in [0.2, 0.25) is 0 Å². The number of aryl methyl sites for hydroxylation is 2. The molecule has 0 heterocycles. The van der Waals surface area contributed by atoms with Crippen LogP contribution < -0.4 is 0 Å². The Labute approximate surface area is 251 Å². The largest absolute Gasteiger partial charge is 0.478 e. The van der Waals surface area contributed by atoms with Gasteiger partial charge in [0.05, 0.1) is 16.9 Å². The van der Waals surface area contributed by atoms with Crippen molar-refractivity contribution >= 4 is 17.3 Å². The summed E-state index contributed by atoms with van der Waals surface area (Å²) in [5, 5.41) is 18.3. The number of nitrogens with zero attached hydrogens (tertiary/aromatic N) is 2. The number of rotatable bonds is 24. The Morgan fingerprint density at radius 2 is 0.927 bits per heavy atom. The molecule has 2 aromatic carbocycles. The van der Waals surface area contributed by atoms with E-state index in [1.165, 1.54) is 133 Å². The van der Waals surface area contributed by atoms with Gasteiger partial charge in [0, 0.05) is 0 Å². The molecule has 0 atom stereocenters. The fraction of sp³-hybridized carbons (Fsp3) is 0.649. The molecule has 0 spiro atoms. The van der Waals surface area contributed by atoms with E-state index in [0.29, 0.717) is 5.69 Å². The molecule has 2 aromatic rings. The number of benzene rings is 2. The van der Waals surface area contributed by atoms with Crippen LogP contribution in [0.25, 0.3) is 0 Å². The van der Waals surface area contributed by atoms with E-state index in [9.17, 15) is 9.90 Å². The van der Waals surface area contributed by atoms with Gasteiger partial charge >= 0.3 is 5.97 Å². The van der Waals surface area contributed by atoms with Gasteiger partial charge in [-0.2, -0.15) is 10.2 Å². The number of carbonyl (C=O) groups is 1. The van der Waals surface area contributed by atoms with E-state index in [0.717, 1.165) is 18.5 Å². The van der Waals surface area contributed by atoms with Gasteiger partial charge in [-0.15, -0.1) is 0 Å².